The number of oxazole rings is 1. The first-order chi connectivity index (χ1) is 18.6. The topological polar surface area (TPSA) is 101 Å². The standard InChI is InChI=1S/C28H30F6N4O2/c1-14-6-17-16(2-3-20-23(17)40-24(39)37-20)22(38(14)13-28(32,33)34)21-18(30)7-15(8-19(21)31)27(36)11-25(12-27)9-26(35,10-25)4-5-29/h2-3,7-8,14,22H,4-6,9-13,35-36H2,1H3,(H,37,39)/t14-,22+,25?,26?,27?/m1/s1. The van der Waals surface area contributed by atoms with E-state index in [0.717, 1.165) is 17.0 Å². The lowest BCUT2D eigenvalue weighted by Gasteiger charge is -2.66. The van der Waals surface area contributed by atoms with Crippen LogP contribution in [0.3, 0.4) is 0 Å². The molecule has 1 aliphatic heterocycles. The molecule has 2 heterocycles. The van der Waals surface area contributed by atoms with Crippen LogP contribution in [0.4, 0.5) is 26.3 Å². The zero-order valence-corrected chi connectivity index (χ0v) is 21.8. The smallest absolute Gasteiger partial charge is 0.408 e. The van der Waals surface area contributed by atoms with Gasteiger partial charge in [-0.2, -0.15) is 13.2 Å². The van der Waals surface area contributed by atoms with E-state index in [4.69, 9.17) is 15.9 Å². The summed E-state index contributed by atoms with van der Waals surface area (Å²) in [7, 11) is 0. The highest BCUT2D eigenvalue weighted by Gasteiger charge is 2.63. The summed E-state index contributed by atoms with van der Waals surface area (Å²) in [5, 5.41) is 0. The molecule has 5 N–H and O–H groups in total. The number of nitrogens with two attached hydrogens (primary N) is 2. The molecule has 0 saturated heterocycles. The summed E-state index contributed by atoms with van der Waals surface area (Å²) < 4.78 is 90.9. The monoisotopic (exact) mass is 568 g/mol. The number of H-pyrrole nitrogens is 1. The molecule has 2 aliphatic carbocycles. The number of aromatic amines is 1. The number of hydrogen-bond acceptors (Lipinski definition) is 5. The minimum atomic E-state index is -4.63. The van der Waals surface area contributed by atoms with Crippen LogP contribution in [0.2, 0.25) is 0 Å². The molecule has 6 nitrogen and oxygen atoms in total. The van der Waals surface area contributed by atoms with Crippen molar-refractivity contribution >= 4 is 11.1 Å². The minimum absolute atomic E-state index is 0.0837. The van der Waals surface area contributed by atoms with Gasteiger partial charge in [0.15, 0.2) is 5.58 Å². The molecule has 2 aromatic carbocycles. The Morgan fingerprint density at radius 3 is 2.35 bits per heavy atom. The number of benzene rings is 2. The van der Waals surface area contributed by atoms with Gasteiger partial charge in [-0.25, -0.2) is 13.6 Å². The van der Waals surface area contributed by atoms with Crippen LogP contribution in [-0.2, 0) is 12.0 Å². The highest BCUT2D eigenvalue weighted by Crippen LogP contribution is 2.66. The van der Waals surface area contributed by atoms with Gasteiger partial charge in [-0.1, -0.05) is 6.07 Å². The fourth-order valence-electron chi connectivity index (χ4n) is 7.85. The van der Waals surface area contributed by atoms with Crippen LogP contribution in [0.15, 0.2) is 33.5 Å². The van der Waals surface area contributed by atoms with E-state index in [1.807, 2.05) is 0 Å². The number of hydrogen-bond donors (Lipinski definition) is 3. The molecule has 0 amide bonds. The van der Waals surface area contributed by atoms with Crippen molar-refractivity contribution in [2.45, 2.75) is 74.8 Å². The first kappa shape index (κ1) is 27.3. The SMILES string of the molecule is C[C@@H]1Cc2c(ccc3[nH]c(=O)oc23)[C@@H](c2c(F)cc(C3(N)CC4(CC(N)(CCF)C4)C3)cc2F)N1CC(F)(F)F. The maximum atomic E-state index is 15.9. The first-order valence-corrected chi connectivity index (χ1v) is 13.3. The molecule has 1 aromatic heterocycles. The van der Waals surface area contributed by atoms with E-state index in [0.29, 0.717) is 36.8 Å². The Labute approximate surface area is 225 Å². The number of nitrogens with one attached hydrogen (secondary N) is 1. The van der Waals surface area contributed by atoms with Gasteiger partial charge in [-0.05, 0) is 80.2 Å². The Morgan fingerprint density at radius 2 is 1.75 bits per heavy atom. The van der Waals surface area contributed by atoms with Crippen molar-refractivity contribution in [3.05, 3.63) is 68.7 Å². The molecule has 2 fully saturated rings. The van der Waals surface area contributed by atoms with Crippen molar-refractivity contribution in [3.8, 4) is 0 Å². The lowest BCUT2D eigenvalue weighted by Crippen LogP contribution is -2.68. The van der Waals surface area contributed by atoms with E-state index in [9.17, 15) is 22.4 Å². The van der Waals surface area contributed by atoms with Gasteiger partial charge in [0, 0.05) is 28.2 Å². The minimum Gasteiger partial charge on any atom is -0.408 e. The number of rotatable bonds is 5. The Morgan fingerprint density at radius 1 is 1.10 bits per heavy atom. The molecule has 2 atom stereocenters. The second kappa shape index (κ2) is 8.83. The predicted octanol–water partition coefficient (Wildman–Crippen LogP) is 5.08. The molecule has 216 valence electrons. The fourth-order valence-corrected chi connectivity index (χ4v) is 7.85. The van der Waals surface area contributed by atoms with Crippen molar-refractivity contribution in [1.29, 1.82) is 0 Å². The number of nitrogens with zero attached hydrogens (tertiary/aromatic N) is 1. The number of fused-ring (bicyclic) bond motifs is 3. The normalized spacial score (nSPS) is 32.2. The van der Waals surface area contributed by atoms with Crippen LogP contribution in [-0.4, -0.2) is 40.9 Å². The van der Waals surface area contributed by atoms with Crippen LogP contribution in [0.1, 0.15) is 67.3 Å². The fraction of sp³-hybridized carbons (Fsp3) is 0.536. The molecule has 6 rings (SSSR count). The Kier molecular flexibility index (Phi) is 6.04. The lowest BCUT2D eigenvalue weighted by molar-refractivity contribution is -0.155. The summed E-state index contributed by atoms with van der Waals surface area (Å²) in [5.41, 5.74) is 11.8. The van der Waals surface area contributed by atoms with Crippen molar-refractivity contribution in [1.82, 2.24) is 9.88 Å². The van der Waals surface area contributed by atoms with Crippen molar-refractivity contribution in [2.24, 2.45) is 16.9 Å². The molecular formula is C28H30F6N4O2. The Hall–Kier alpha value is -2.83. The molecule has 12 heteroatoms. The second-order valence-corrected chi connectivity index (χ2v) is 12.3. The van der Waals surface area contributed by atoms with Gasteiger partial charge < -0.3 is 15.9 Å². The highest BCUT2D eigenvalue weighted by atomic mass is 19.4. The largest absolute Gasteiger partial charge is 0.417 e. The van der Waals surface area contributed by atoms with E-state index >= 15 is 8.78 Å². The van der Waals surface area contributed by atoms with Gasteiger partial charge in [0.05, 0.1) is 24.8 Å². The van der Waals surface area contributed by atoms with Crippen molar-refractivity contribution in [3.63, 3.8) is 0 Å². The molecule has 1 spiro atoms. The Balaban J connectivity index is 1.39. The lowest BCUT2D eigenvalue weighted by atomic mass is 9.42. The van der Waals surface area contributed by atoms with Crippen molar-refractivity contribution < 1.29 is 30.8 Å². The zero-order valence-electron chi connectivity index (χ0n) is 21.8. The average Bonchev–Trinajstić information content (AvgIpc) is 3.18. The molecule has 0 bridgehead atoms. The maximum absolute atomic E-state index is 15.9. The van der Waals surface area contributed by atoms with Crippen LogP contribution in [0.25, 0.3) is 11.1 Å². The van der Waals surface area contributed by atoms with Gasteiger partial charge in [0.25, 0.3) is 0 Å². The van der Waals surface area contributed by atoms with Crippen LogP contribution in [0.5, 0.6) is 0 Å². The van der Waals surface area contributed by atoms with Crippen molar-refractivity contribution in [2.75, 3.05) is 13.2 Å². The third-order valence-electron chi connectivity index (χ3n) is 9.14. The van der Waals surface area contributed by atoms with E-state index in [1.54, 1.807) is 0 Å². The second-order valence-electron chi connectivity index (χ2n) is 12.3. The molecular weight excluding hydrogens is 538 g/mol. The molecule has 40 heavy (non-hydrogen) atoms. The molecule has 3 aromatic rings. The third kappa shape index (κ3) is 4.35. The predicted molar refractivity (Wildman–Crippen MR) is 135 cm³/mol. The van der Waals surface area contributed by atoms with Crippen LogP contribution in [0, 0.1) is 17.0 Å². The zero-order chi connectivity index (χ0) is 28.8. The molecule has 2 saturated carbocycles. The summed E-state index contributed by atoms with van der Waals surface area (Å²) in [5.74, 6) is -2.75. The average molecular weight is 569 g/mol. The highest BCUT2D eigenvalue weighted by molar-refractivity contribution is 5.78. The van der Waals surface area contributed by atoms with Crippen LogP contribution < -0.4 is 17.2 Å². The van der Waals surface area contributed by atoms with Gasteiger partial charge in [-0.3, -0.25) is 14.3 Å². The third-order valence-corrected chi connectivity index (χ3v) is 9.14. The number of alkyl halides is 4. The quantitative estimate of drug-likeness (QED) is 0.373. The van der Waals surface area contributed by atoms with Gasteiger partial charge >= 0.3 is 11.9 Å². The van der Waals surface area contributed by atoms with E-state index in [1.165, 1.54) is 19.1 Å². The number of aromatic nitrogens is 1. The van der Waals surface area contributed by atoms with E-state index < -0.39 is 65.5 Å². The summed E-state index contributed by atoms with van der Waals surface area (Å²) in [6.07, 6.45) is -2.28. The van der Waals surface area contributed by atoms with E-state index in [-0.39, 0.29) is 35.0 Å². The van der Waals surface area contributed by atoms with E-state index in [2.05, 4.69) is 4.98 Å². The summed E-state index contributed by atoms with van der Waals surface area (Å²) in [6.45, 7) is -0.373. The van der Waals surface area contributed by atoms with Gasteiger partial charge in [0.1, 0.15) is 11.6 Å². The Bertz CT molecular complexity index is 1510. The summed E-state index contributed by atoms with van der Waals surface area (Å²) in [6, 6.07) is 2.95. The summed E-state index contributed by atoms with van der Waals surface area (Å²) in [4.78, 5) is 15.4. The van der Waals surface area contributed by atoms with Crippen LogP contribution >= 0.6 is 0 Å². The van der Waals surface area contributed by atoms with Gasteiger partial charge in [-0.15, -0.1) is 0 Å². The molecule has 0 radical (unpaired) electrons. The first-order valence-electron chi connectivity index (χ1n) is 13.3. The number of halogens is 6. The molecule has 3 aliphatic rings. The summed E-state index contributed by atoms with van der Waals surface area (Å²) >= 11 is 0. The maximum Gasteiger partial charge on any atom is 0.417 e. The van der Waals surface area contributed by atoms with Gasteiger partial charge in [0.2, 0.25) is 0 Å². The molecule has 0 unspecified atom stereocenters.